The number of nitrogens with zero attached hydrogens (tertiary/aromatic N) is 2. The lowest BCUT2D eigenvalue weighted by molar-refractivity contribution is -0.124. The molecule has 3 amide bonds. The predicted octanol–water partition coefficient (Wildman–Crippen LogP) is 3.31. The van der Waals surface area contributed by atoms with E-state index >= 15 is 0 Å². The number of thioether (sulfide) groups is 1. The van der Waals surface area contributed by atoms with Gasteiger partial charge in [0, 0.05) is 24.8 Å². The molecule has 0 spiro atoms. The standard InChI is InChI=1S/C25H27N3O5S/c1-16-12-18-6-4-5-7-19(18)28(16)15-23(29)26-10-11-27-24(30)22(34-25(27)31)14-17-8-9-20(32-2)21(13-17)33-3/h4-9,13-14,16H,10-12,15H2,1-3H3,(H,26,29)/b22-14-/t16-/m0/s1. The minimum Gasteiger partial charge on any atom is -0.493 e. The fourth-order valence-electron chi connectivity index (χ4n) is 4.18. The van der Waals surface area contributed by atoms with Crippen molar-refractivity contribution in [2.45, 2.75) is 19.4 Å². The average Bonchev–Trinajstić information content (AvgIpc) is 3.29. The number of carbonyl (C=O) groups excluding carboxylic acids is 3. The number of carbonyl (C=O) groups is 3. The van der Waals surface area contributed by atoms with Crippen LogP contribution in [-0.2, 0) is 16.0 Å². The Bertz CT molecular complexity index is 1150. The van der Waals surface area contributed by atoms with Crippen molar-refractivity contribution in [3.8, 4) is 11.5 Å². The van der Waals surface area contributed by atoms with Crippen molar-refractivity contribution in [1.29, 1.82) is 0 Å². The van der Waals surface area contributed by atoms with Crippen LogP contribution in [0.3, 0.4) is 0 Å². The summed E-state index contributed by atoms with van der Waals surface area (Å²) in [6.45, 7) is 2.65. The normalized spacial score (nSPS) is 18.4. The molecule has 2 aliphatic rings. The highest BCUT2D eigenvalue weighted by Crippen LogP contribution is 2.34. The first kappa shape index (κ1) is 23.7. The van der Waals surface area contributed by atoms with Crippen LogP contribution in [0.2, 0.25) is 0 Å². The highest BCUT2D eigenvalue weighted by molar-refractivity contribution is 8.18. The molecule has 1 fully saturated rings. The van der Waals surface area contributed by atoms with E-state index in [1.165, 1.54) is 12.7 Å². The van der Waals surface area contributed by atoms with E-state index in [-0.39, 0.29) is 42.7 Å². The SMILES string of the molecule is COc1ccc(/C=C2\SC(=O)N(CCNC(=O)CN3c4ccccc4C[C@@H]3C)C2=O)cc1OC. The predicted molar refractivity (Wildman–Crippen MR) is 132 cm³/mol. The number of para-hydroxylation sites is 1. The average molecular weight is 482 g/mol. The maximum absolute atomic E-state index is 12.8. The number of methoxy groups -OCH3 is 2. The van der Waals surface area contributed by atoms with Gasteiger partial charge in [-0.05, 0) is 60.5 Å². The molecule has 2 aromatic carbocycles. The number of ether oxygens (including phenoxy) is 2. The molecule has 1 N–H and O–H groups in total. The van der Waals surface area contributed by atoms with Gasteiger partial charge in [-0.25, -0.2) is 0 Å². The third-order valence-corrected chi connectivity index (χ3v) is 6.81. The van der Waals surface area contributed by atoms with E-state index < -0.39 is 0 Å². The summed E-state index contributed by atoms with van der Waals surface area (Å²) in [7, 11) is 3.08. The maximum atomic E-state index is 12.8. The summed E-state index contributed by atoms with van der Waals surface area (Å²) < 4.78 is 10.5. The van der Waals surface area contributed by atoms with Gasteiger partial charge >= 0.3 is 0 Å². The van der Waals surface area contributed by atoms with Gasteiger partial charge in [0.1, 0.15) is 0 Å². The van der Waals surface area contributed by atoms with Crippen molar-refractivity contribution >= 4 is 40.6 Å². The van der Waals surface area contributed by atoms with Gasteiger partial charge < -0.3 is 19.7 Å². The van der Waals surface area contributed by atoms with E-state index in [2.05, 4.69) is 23.2 Å². The van der Waals surface area contributed by atoms with E-state index in [0.717, 1.165) is 34.3 Å². The number of anilines is 1. The molecule has 9 heteroatoms. The first-order valence-corrected chi connectivity index (χ1v) is 11.8. The molecule has 2 aromatic rings. The zero-order chi connectivity index (χ0) is 24.2. The molecule has 8 nitrogen and oxygen atoms in total. The molecule has 4 rings (SSSR count). The van der Waals surface area contributed by atoms with Crippen LogP contribution in [0.4, 0.5) is 10.5 Å². The molecule has 2 heterocycles. The lowest BCUT2D eigenvalue weighted by atomic mass is 10.1. The minimum absolute atomic E-state index is 0.117. The zero-order valence-electron chi connectivity index (χ0n) is 19.4. The smallest absolute Gasteiger partial charge is 0.293 e. The van der Waals surface area contributed by atoms with Crippen LogP contribution >= 0.6 is 11.8 Å². The molecule has 0 radical (unpaired) electrons. The summed E-state index contributed by atoms with van der Waals surface area (Å²) in [4.78, 5) is 41.3. The van der Waals surface area contributed by atoms with E-state index in [1.54, 1.807) is 31.4 Å². The topological polar surface area (TPSA) is 88.2 Å². The molecule has 2 aliphatic heterocycles. The molecule has 0 unspecified atom stereocenters. The van der Waals surface area contributed by atoms with E-state index in [4.69, 9.17) is 9.47 Å². The molecule has 0 bridgehead atoms. The quantitative estimate of drug-likeness (QED) is 0.579. The fourth-order valence-corrected chi connectivity index (χ4v) is 5.04. The molecule has 0 aliphatic carbocycles. The summed E-state index contributed by atoms with van der Waals surface area (Å²) in [5, 5.41) is 2.48. The van der Waals surface area contributed by atoms with E-state index in [1.807, 2.05) is 18.2 Å². The highest BCUT2D eigenvalue weighted by Gasteiger charge is 2.35. The zero-order valence-corrected chi connectivity index (χ0v) is 20.2. The molecular formula is C25H27N3O5S. The number of hydrogen-bond donors (Lipinski definition) is 1. The van der Waals surface area contributed by atoms with Gasteiger partial charge in [0.25, 0.3) is 11.1 Å². The minimum atomic E-state index is -0.374. The van der Waals surface area contributed by atoms with E-state index in [0.29, 0.717) is 16.4 Å². The van der Waals surface area contributed by atoms with Gasteiger partial charge in [-0.1, -0.05) is 24.3 Å². The Morgan fingerprint density at radius 2 is 1.91 bits per heavy atom. The Morgan fingerprint density at radius 1 is 1.15 bits per heavy atom. The molecular weight excluding hydrogens is 454 g/mol. The van der Waals surface area contributed by atoms with Crippen LogP contribution in [0.5, 0.6) is 11.5 Å². The van der Waals surface area contributed by atoms with Gasteiger partial charge in [0.15, 0.2) is 11.5 Å². The van der Waals surface area contributed by atoms with Crippen molar-refractivity contribution in [1.82, 2.24) is 10.2 Å². The van der Waals surface area contributed by atoms with Crippen LogP contribution in [0.15, 0.2) is 47.4 Å². The first-order chi connectivity index (χ1) is 16.4. The van der Waals surface area contributed by atoms with Gasteiger partial charge in [0.05, 0.1) is 25.7 Å². The van der Waals surface area contributed by atoms with Crippen molar-refractivity contribution in [2.75, 3.05) is 38.8 Å². The second kappa shape index (κ2) is 10.2. The van der Waals surface area contributed by atoms with Crippen molar-refractivity contribution in [3.05, 3.63) is 58.5 Å². The Labute approximate surface area is 202 Å². The number of amides is 3. The Hall–Kier alpha value is -3.46. The molecule has 178 valence electrons. The highest BCUT2D eigenvalue weighted by atomic mass is 32.2. The summed E-state index contributed by atoms with van der Waals surface area (Å²) in [6, 6.07) is 13.6. The second-order valence-electron chi connectivity index (χ2n) is 8.11. The summed E-state index contributed by atoms with van der Waals surface area (Å²) >= 11 is 0.883. The third-order valence-electron chi connectivity index (χ3n) is 5.90. The van der Waals surface area contributed by atoms with Crippen LogP contribution in [0.25, 0.3) is 6.08 Å². The molecule has 1 atom stereocenters. The van der Waals surface area contributed by atoms with Gasteiger partial charge in [0.2, 0.25) is 5.91 Å². The van der Waals surface area contributed by atoms with Gasteiger partial charge in [-0.3, -0.25) is 19.3 Å². The van der Waals surface area contributed by atoms with Crippen LogP contribution in [0, 0.1) is 0 Å². The van der Waals surface area contributed by atoms with Crippen LogP contribution in [0.1, 0.15) is 18.1 Å². The maximum Gasteiger partial charge on any atom is 0.293 e. The Kier molecular flexibility index (Phi) is 7.12. The second-order valence-corrected chi connectivity index (χ2v) is 9.10. The van der Waals surface area contributed by atoms with Crippen molar-refractivity contribution in [3.63, 3.8) is 0 Å². The number of benzene rings is 2. The number of fused-ring (bicyclic) bond motifs is 1. The number of imide groups is 1. The lowest BCUT2D eigenvalue weighted by Gasteiger charge is -2.24. The molecule has 34 heavy (non-hydrogen) atoms. The van der Waals surface area contributed by atoms with Crippen molar-refractivity contribution in [2.24, 2.45) is 0 Å². The van der Waals surface area contributed by atoms with Gasteiger partial charge in [-0.15, -0.1) is 0 Å². The molecule has 1 saturated heterocycles. The first-order valence-electron chi connectivity index (χ1n) is 11.0. The summed E-state index contributed by atoms with van der Waals surface area (Å²) in [5.41, 5.74) is 3.04. The Balaban J connectivity index is 1.33. The fraction of sp³-hybridized carbons (Fsp3) is 0.320. The number of rotatable bonds is 8. The van der Waals surface area contributed by atoms with Gasteiger partial charge in [-0.2, -0.15) is 0 Å². The number of nitrogens with one attached hydrogen (secondary N) is 1. The monoisotopic (exact) mass is 481 g/mol. The molecule has 0 aromatic heterocycles. The van der Waals surface area contributed by atoms with E-state index in [9.17, 15) is 14.4 Å². The Morgan fingerprint density at radius 3 is 2.68 bits per heavy atom. The summed E-state index contributed by atoms with van der Waals surface area (Å²) in [6.07, 6.45) is 2.56. The van der Waals surface area contributed by atoms with Crippen molar-refractivity contribution < 1.29 is 23.9 Å². The van der Waals surface area contributed by atoms with Crippen LogP contribution < -0.4 is 19.7 Å². The molecule has 0 saturated carbocycles. The largest absolute Gasteiger partial charge is 0.493 e. The van der Waals surface area contributed by atoms with Crippen LogP contribution in [-0.4, -0.2) is 61.8 Å². The third kappa shape index (κ3) is 4.89. The summed E-state index contributed by atoms with van der Waals surface area (Å²) in [5.74, 6) is 0.598. The lowest BCUT2D eigenvalue weighted by Crippen LogP contribution is -2.43. The number of hydrogen-bond acceptors (Lipinski definition) is 7.